The van der Waals surface area contributed by atoms with Crippen molar-refractivity contribution in [1.82, 2.24) is 9.80 Å². The SMILES string of the molecule is COC1=CC2=NC(N3CCN(C(=O)C4CCCO4)CC3)=NC(N)(Cl)C2(Cl)C=C1OC. The molecule has 0 aromatic rings. The van der Waals surface area contributed by atoms with Crippen molar-refractivity contribution < 1.29 is 19.0 Å². The molecule has 0 saturated carbocycles. The number of alkyl halides is 2. The largest absolute Gasteiger partial charge is 0.493 e. The molecule has 3 heterocycles. The monoisotopic (exact) mass is 457 g/mol. The number of hydrogen-bond acceptors (Lipinski definition) is 8. The average molecular weight is 458 g/mol. The van der Waals surface area contributed by atoms with Gasteiger partial charge in [0.15, 0.2) is 16.4 Å². The molecule has 2 fully saturated rings. The summed E-state index contributed by atoms with van der Waals surface area (Å²) in [5.74, 6) is 1.30. The van der Waals surface area contributed by atoms with Gasteiger partial charge in [-0.05, 0) is 18.9 Å². The summed E-state index contributed by atoms with van der Waals surface area (Å²) < 4.78 is 16.2. The lowest BCUT2D eigenvalue weighted by molar-refractivity contribution is -0.142. The lowest BCUT2D eigenvalue weighted by Crippen LogP contribution is -2.61. The number of amides is 1. The van der Waals surface area contributed by atoms with Crippen LogP contribution in [0.25, 0.3) is 0 Å². The van der Waals surface area contributed by atoms with E-state index in [4.69, 9.17) is 43.1 Å². The normalized spacial score (nSPS) is 33.8. The number of hydrogen-bond donors (Lipinski definition) is 1. The molecule has 0 aromatic heterocycles. The van der Waals surface area contributed by atoms with Crippen LogP contribution in [0, 0.1) is 0 Å². The zero-order valence-electron chi connectivity index (χ0n) is 16.9. The van der Waals surface area contributed by atoms with Gasteiger partial charge in [0.1, 0.15) is 6.10 Å². The van der Waals surface area contributed by atoms with Crippen LogP contribution in [0.15, 0.2) is 33.7 Å². The number of guanidine groups is 1. The number of piperazine rings is 1. The Morgan fingerprint density at radius 1 is 1.23 bits per heavy atom. The first kappa shape index (κ1) is 21.4. The molecule has 1 amide bonds. The van der Waals surface area contributed by atoms with Gasteiger partial charge < -0.3 is 24.0 Å². The fourth-order valence-electron chi connectivity index (χ4n) is 3.94. The summed E-state index contributed by atoms with van der Waals surface area (Å²) in [7, 11) is 3.03. The highest BCUT2D eigenvalue weighted by Gasteiger charge is 2.54. The first-order valence-corrected chi connectivity index (χ1v) is 10.6. The summed E-state index contributed by atoms with van der Waals surface area (Å²) in [5, 5.41) is -1.68. The van der Waals surface area contributed by atoms with Gasteiger partial charge in [-0.2, -0.15) is 0 Å². The molecule has 3 unspecified atom stereocenters. The quantitative estimate of drug-likeness (QED) is 0.501. The molecule has 0 spiro atoms. The van der Waals surface area contributed by atoms with Crippen molar-refractivity contribution in [3.05, 3.63) is 23.7 Å². The van der Waals surface area contributed by atoms with Crippen molar-refractivity contribution in [3.63, 3.8) is 0 Å². The Morgan fingerprint density at radius 3 is 2.53 bits per heavy atom. The van der Waals surface area contributed by atoms with E-state index < -0.39 is 10.00 Å². The maximum atomic E-state index is 12.6. The first-order chi connectivity index (χ1) is 14.3. The van der Waals surface area contributed by atoms with Crippen LogP contribution in [-0.4, -0.2) is 90.5 Å². The van der Waals surface area contributed by atoms with Gasteiger partial charge in [-0.15, -0.1) is 11.6 Å². The Bertz CT molecular complexity index is 842. The summed E-state index contributed by atoms with van der Waals surface area (Å²) >= 11 is 13.3. The van der Waals surface area contributed by atoms with Gasteiger partial charge in [0, 0.05) is 38.9 Å². The van der Waals surface area contributed by atoms with Crippen LogP contribution >= 0.6 is 23.2 Å². The number of ether oxygens (including phenoxy) is 3. The lowest BCUT2D eigenvalue weighted by Gasteiger charge is -2.42. The van der Waals surface area contributed by atoms with Crippen LogP contribution in [0.3, 0.4) is 0 Å². The van der Waals surface area contributed by atoms with E-state index in [2.05, 4.69) is 9.98 Å². The highest BCUT2D eigenvalue weighted by molar-refractivity contribution is 6.48. The smallest absolute Gasteiger partial charge is 0.251 e. The van der Waals surface area contributed by atoms with E-state index in [9.17, 15) is 4.79 Å². The number of nitrogens with two attached hydrogens (primary N) is 1. The van der Waals surface area contributed by atoms with E-state index in [1.54, 1.807) is 12.2 Å². The number of fused-ring (bicyclic) bond motifs is 1. The van der Waals surface area contributed by atoms with Crippen LogP contribution in [0.1, 0.15) is 12.8 Å². The highest BCUT2D eigenvalue weighted by atomic mass is 35.5. The second kappa shape index (κ2) is 8.03. The molecule has 164 valence electrons. The molecule has 3 aliphatic heterocycles. The van der Waals surface area contributed by atoms with Gasteiger partial charge in [0.25, 0.3) is 5.91 Å². The summed E-state index contributed by atoms with van der Waals surface area (Å²) in [5.41, 5.74) is 6.73. The molecule has 11 heteroatoms. The lowest BCUT2D eigenvalue weighted by atomic mass is 9.91. The van der Waals surface area contributed by atoms with Crippen LogP contribution in [-0.2, 0) is 19.0 Å². The van der Waals surface area contributed by atoms with Crippen molar-refractivity contribution in [3.8, 4) is 0 Å². The minimum absolute atomic E-state index is 0.0477. The predicted octanol–water partition coefficient (Wildman–Crippen LogP) is 1.02. The molecule has 4 aliphatic rings. The third-order valence-corrected chi connectivity index (χ3v) is 6.80. The van der Waals surface area contributed by atoms with E-state index in [0.717, 1.165) is 12.8 Å². The van der Waals surface area contributed by atoms with Crippen molar-refractivity contribution in [2.45, 2.75) is 28.9 Å². The maximum absolute atomic E-state index is 12.6. The topological polar surface area (TPSA) is 102 Å². The minimum Gasteiger partial charge on any atom is -0.493 e. The molecule has 9 nitrogen and oxygen atoms in total. The molecule has 0 bridgehead atoms. The number of carbonyl (C=O) groups is 1. The second-order valence-electron chi connectivity index (χ2n) is 7.53. The van der Waals surface area contributed by atoms with Crippen molar-refractivity contribution in [2.75, 3.05) is 47.0 Å². The highest BCUT2D eigenvalue weighted by Crippen LogP contribution is 2.43. The number of aliphatic imine (C=N–C) groups is 2. The van der Waals surface area contributed by atoms with E-state index in [1.807, 2.05) is 9.80 Å². The molecule has 2 N–H and O–H groups in total. The van der Waals surface area contributed by atoms with Crippen molar-refractivity contribution in [1.29, 1.82) is 0 Å². The molecule has 0 aromatic carbocycles. The Kier molecular flexibility index (Phi) is 5.73. The fraction of sp³-hybridized carbons (Fsp3) is 0.632. The number of carbonyl (C=O) groups excluding carboxylic acids is 1. The van der Waals surface area contributed by atoms with Crippen molar-refractivity contribution in [2.24, 2.45) is 15.7 Å². The fourth-order valence-corrected chi connectivity index (χ4v) is 4.41. The number of methoxy groups -OCH3 is 2. The number of nitrogens with zero attached hydrogens (tertiary/aromatic N) is 4. The zero-order chi connectivity index (χ0) is 21.5. The second-order valence-corrected chi connectivity index (χ2v) is 8.71. The third kappa shape index (κ3) is 3.57. The third-order valence-electron chi connectivity index (χ3n) is 5.73. The molecule has 30 heavy (non-hydrogen) atoms. The van der Waals surface area contributed by atoms with Gasteiger partial charge in [0.05, 0.1) is 19.9 Å². The van der Waals surface area contributed by atoms with Gasteiger partial charge in [-0.3, -0.25) is 10.5 Å². The summed E-state index contributed by atoms with van der Waals surface area (Å²) in [6, 6.07) is 0. The first-order valence-electron chi connectivity index (χ1n) is 9.83. The minimum atomic E-state index is -1.68. The van der Waals surface area contributed by atoms with Crippen LogP contribution in [0.5, 0.6) is 0 Å². The Balaban J connectivity index is 1.52. The van der Waals surface area contributed by atoms with Crippen molar-refractivity contribution >= 4 is 40.8 Å². The van der Waals surface area contributed by atoms with E-state index in [0.29, 0.717) is 56.0 Å². The van der Waals surface area contributed by atoms with Crippen LogP contribution in [0.4, 0.5) is 0 Å². The Hall–Kier alpha value is -1.81. The molecule has 2 saturated heterocycles. The maximum Gasteiger partial charge on any atom is 0.251 e. The van der Waals surface area contributed by atoms with E-state index in [1.165, 1.54) is 14.2 Å². The van der Waals surface area contributed by atoms with Crippen LogP contribution in [0.2, 0.25) is 0 Å². The molecule has 1 aliphatic carbocycles. The Morgan fingerprint density at radius 2 is 1.93 bits per heavy atom. The zero-order valence-corrected chi connectivity index (χ0v) is 18.4. The molecule has 0 radical (unpaired) electrons. The van der Waals surface area contributed by atoms with E-state index >= 15 is 0 Å². The number of rotatable bonds is 3. The van der Waals surface area contributed by atoms with Crippen LogP contribution < -0.4 is 5.73 Å². The summed E-state index contributed by atoms with van der Waals surface area (Å²) in [6.07, 6.45) is 4.61. The molecule has 3 atom stereocenters. The van der Waals surface area contributed by atoms with Gasteiger partial charge in [-0.1, -0.05) is 11.6 Å². The Labute approximate surface area is 185 Å². The molecule has 4 rings (SSSR count). The van der Waals surface area contributed by atoms with Gasteiger partial charge >= 0.3 is 0 Å². The summed E-state index contributed by atoms with van der Waals surface area (Å²) in [6.45, 7) is 2.84. The molecular formula is C19H25Cl2N5O4. The molecular weight excluding hydrogens is 433 g/mol. The van der Waals surface area contributed by atoms with Gasteiger partial charge in [-0.25, -0.2) is 9.98 Å². The van der Waals surface area contributed by atoms with Gasteiger partial charge in [0.2, 0.25) is 11.1 Å². The predicted molar refractivity (Wildman–Crippen MR) is 114 cm³/mol. The number of halogens is 2. The number of allylic oxidation sites excluding steroid dienone is 1. The average Bonchev–Trinajstić information content (AvgIpc) is 3.28. The van der Waals surface area contributed by atoms with E-state index in [-0.39, 0.29) is 12.0 Å². The summed E-state index contributed by atoms with van der Waals surface area (Å²) in [4.78, 5) is 24.0. The standard InChI is InChI=1S/C19H25Cl2N5O4/c1-28-13-10-15-18(20,11-14(13)29-2)19(21,22)24-17(23-15)26-7-5-25(6-8-26)16(27)12-4-3-9-30-12/h10-12H,3-9,22H2,1-2H3.